The normalized spacial score (nSPS) is 25.7. The molecule has 1 fully saturated rings. The third-order valence-electron chi connectivity index (χ3n) is 1.47. The Morgan fingerprint density at radius 2 is 2.10 bits per heavy atom. The Balaban J connectivity index is 2.63. The van der Waals surface area contributed by atoms with Gasteiger partial charge in [0.2, 0.25) is 0 Å². The summed E-state index contributed by atoms with van der Waals surface area (Å²) in [7, 11) is 3.48. The van der Waals surface area contributed by atoms with Crippen molar-refractivity contribution in [1.29, 1.82) is 0 Å². The van der Waals surface area contributed by atoms with Crippen LogP contribution in [-0.2, 0) is 14.3 Å². The zero-order valence-electron chi connectivity index (χ0n) is 5.96. The molecule has 1 heterocycles. The number of ether oxygens (including phenoxy) is 1. The van der Waals surface area contributed by atoms with Crippen LogP contribution in [0.4, 0.5) is 0 Å². The summed E-state index contributed by atoms with van der Waals surface area (Å²) in [6.45, 7) is 0. The summed E-state index contributed by atoms with van der Waals surface area (Å²) in [6.07, 6.45) is 0.186. The third-order valence-corrected chi connectivity index (χ3v) is 1.47. The van der Waals surface area contributed by atoms with Crippen molar-refractivity contribution in [2.45, 2.75) is 12.5 Å². The molecule has 1 aliphatic heterocycles. The quantitative estimate of drug-likeness (QED) is 0.363. The lowest BCUT2D eigenvalue weighted by Crippen LogP contribution is -2.31. The summed E-state index contributed by atoms with van der Waals surface area (Å²) in [5, 5.41) is 0. The number of likely N-dealkylation sites (N-methyl/N-ethyl adjacent to an activating group) is 1. The maximum absolute atomic E-state index is 10.7. The Hall–Kier alpha value is -0.900. The highest BCUT2D eigenvalue weighted by molar-refractivity contribution is 5.96. The van der Waals surface area contributed by atoms with E-state index in [4.69, 9.17) is 0 Å². The minimum atomic E-state index is -0.435. The molecule has 0 aromatic carbocycles. The van der Waals surface area contributed by atoms with E-state index in [-0.39, 0.29) is 12.5 Å². The summed E-state index contributed by atoms with van der Waals surface area (Å²) in [4.78, 5) is 22.9. The van der Waals surface area contributed by atoms with Crippen molar-refractivity contribution in [3.8, 4) is 0 Å². The highest BCUT2D eigenvalue weighted by atomic mass is 16.6. The number of cyclic esters (lactones) is 2. The molecule has 4 heteroatoms. The van der Waals surface area contributed by atoms with Gasteiger partial charge < -0.3 is 4.74 Å². The zero-order valence-corrected chi connectivity index (χ0v) is 5.96. The van der Waals surface area contributed by atoms with Crippen LogP contribution in [0.15, 0.2) is 0 Å². The average Bonchev–Trinajstić information content (AvgIpc) is 2.10. The second-order valence-electron chi connectivity index (χ2n) is 2.48. The van der Waals surface area contributed by atoms with Gasteiger partial charge >= 0.3 is 11.9 Å². The lowest BCUT2D eigenvalue weighted by molar-refractivity contribution is -0.153. The predicted molar refractivity (Wildman–Crippen MR) is 33.2 cm³/mol. The largest absolute Gasteiger partial charge is 0.392 e. The number of carbonyl (C=O) groups is 2. The van der Waals surface area contributed by atoms with Crippen LogP contribution < -0.4 is 0 Å². The molecule has 1 rings (SSSR count). The van der Waals surface area contributed by atoms with Gasteiger partial charge in [0.25, 0.3) is 0 Å². The second-order valence-corrected chi connectivity index (χ2v) is 2.48. The second kappa shape index (κ2) is 2.38. The molecule has 1 saturated heterocycles. The number of esters is 2. The Bertz CT molecular complexity index is 176. The van der Waals surface area contributed by atoms with Gasteiger partial charge in [-0.25, -0.2) is 4.79 Å². The van der Waals surface area contributed by atoms with Crippen molar-refractivity contribution in [1.82, 2.24) is 4.90 Å². The van der Waals surface area contributed by atoms with Gasteiger partial charge in [-0.1, -0.05) is 0 Å². The molecule has 0 spiro atoms. The molecule has 0 N–H and O–H groups in total. The Morgan fingerprint density at radius 1 is 1.50 bits per heavy atom. The molecule has 1 aliphatic rings. The lowest BCUT2D eigenvalue weighted by atomic mass is 10.2. The first-order chi connectivity index (χ1) is 4.61. The van der Waals surface area contributed by atoms with E-state index in [0.717, 1.165) is 0 Å². The Morgan fingerprint density at radius 3 is 2.30 bits per heavy atom. The fourth-order valence-corrected chi connectivity index (χ4v) is 0.856. The molecule has 0 amide bonds. The molecule has 0 radical (unpaired) electrons. The van der Waals surface area contributed by atoms with Crippen LogP contribution in [0.3, 0.4) is 0 Å². The van der Waals surface area contributed by atoms with E-state index in [1.807, 2.05) is 0 Å². The minimum Gasteiger partial charge on any atom is -0.392 e. The summed E-state index contributed by atoms with van der Waals surface area (Å²) in [5.41, 5.74) is 0. The predicted octanol–water partition coefficient (Wildman–Crippen LogP) is -0.610. The van der Waals surface area contributed by atoms with E-state index in [1.165, 1.54) is 0 Å². The lowest BCUT2D eigenvalue weighted by Gasteiger charge is -2.12. The van der Waals surface area contributed by atoms with Crippen molar-refractivity contribution < 1.29 is 14.3 Å². The Labute approximate surface area is 58.8 Å². The minimum absolute atomic E-state index is 0.186. The van der Waals surface area contributed by atoms with Crippen LogP contribution in [0.2, 0.25) is 0 Å². The fraction of sp³-hybridized carbons (Fsp3) is 0.667. The van der Waals surface area contributed by atoms with Gasteiger partial charge in [-0.05, 0) is 14.1 Å². The first kappa shape index (κ1) is 7.21. The summed E-state index contributed by atoms with van der Waals surface area (Å²) in [5.74, 6) is -0.862. The molecule has 1 unspecified atom stereocenters. The monoisotopic (exact) mass is 143 g/mol. The van der Waals surface area contributed by atoms with Gasteiger partial charge in [-0.2, -0.15) is 0 Å². The summed E-state index contributed by atoms with van der Waals surface area (Å²) in [6, 6.07) is -0.368. The van der Waals surface area contributed by atoms with Crippen LogP contribution in [0.1, 0.15) is 6.42 Å². The van der Waals surface area contributed by atoms with Gasteiger partial charge in [0.05, 0.1) is 6.42 Å². The van der Waals surface area contributed by atoms with Crippen molar-refractivity contribution in [2.75, 3.05) is 14.1 Å². The molecule has 0 aromatic heterocycles. The summed E-state index contributed by atoms with van der Waals surface area (Å²) < 4.78 is 4.32. The van der Waals surface area contributed by atoms with Crippen LogP contribution >= 0.6 is 0 Å². The van der Waals surface area contributed by atoms with E-state index in [1.54, 1.807) is 19.0 Å². The highest BCUT2D eigenvalue weighted by Gasteiger charge is 2.34. The topological polar surface area (TPSA) is 46.6 Å². The third kappa shape index (κ3) is 1.16. The molecule has 0 aromatic rings. The molecule has 0 saturated carbocycles. The first-order valence-electron chi connectivity index (χ1n) is 3.02. The van der Waals surface area contributed by atoms with Crippen molar-refractivity contribution in [3.05, 3.63) is 0 Å². The van der Waals surface area contributed by atoms with Crippen LogP contribution in [0.25, 0.3) is 0 Å². The highest BCUT2D eigenvalue weighted by Crippen LogP contribution is 2.11. The number of hydrogen-bond donors (Lipinski definition) is 0. The number of hydrogen-bond acceptors (Lipinski definition) is 4. The number of carbonyl (C=O) groups excluding carboxylic acids is 2. The van der Waals surface area contributed by atoms with Crippen molar-refractivity contribution in [3.63, 3.8) is 0 Å². The molecular formula is C6H9NO3. The van der Waals surface area contributed by atoms with E-state index >= 15 is 0 Å². The molecular weight excluding hydrogens is 134 g/mol. The zero-order chi connectivity index (χ0) is 7.72. The molecule has 0 aliphatic carbocycles. The number of rotatable bonds is 1. The first-order valence-corrected chi connectivity index (χ1v) is 3.02. The van der Waals surface area contributed by atoms with Gasteiger partial charge in [0.1, 0.15) is 6.04 Å². The fourth-order valence-electron chi connectivity index (χ4n) is 0.856. The molecule has 56 valence electrons. The standard InChI is InChI=1S/C6H9NO3/c1-7(2)4-3-5(8)10-6(4)9/h4H,3H2,1-2H3. The molecule has 0 bridgehead atoms. The van der Waals surface area contributed by atoms with E-state index in [9.17, 15) is 9.59 Å². The smallest absolute Gasteiger partial charge is 0.331 e. The molecule has 10 heavy (non-hydrogen) atoms. The van der Waals surface area contributed by atoms with Gasteiger partial charge in [-0.3, -0.25) is 9.69 Å². The van der Waals surface area contributed by atoms with Crippen molar-refractivity contribution >= 4 is 11.9 Å². The van der Waals surface area contributed by atoms with Crippen LogP contribution in [0, 0.1) is 0 Å². The average molecular weight is 143 g/mol. The molecule has 4 nitrogen and oxygen atoms in total. The van der Waals surface area contributed by atoms with E-state index in [0.29, 0.717) is 0 Å². The van der Waals surface area contributed by atoms with Gasteiger partial charge in [0, 0.05) is 0 Å². The van der Waals surface area contributed by atoms with E-state index < -0.39 is 11.9 Å². The van der Waals surface area contributed by atoms with Gasteiger partial charge in [0.15, 0.2) is 0 Å². The molecule has 1 atom stereocenters. The SMILES string of the molecule is CN(C)C1CC(=O)OC1=O. The maximum atomic E-state index is 10.7. The summed E-state index contributed by atoms with van der Waals surface area (Å²) >= 11 is 0. The Kier molecular flexibility index (Phi) is 1.72. The number of nitrogens with zero attached hydrogens (tertiary/aromatic N) is 1. The van der Waals surface area contributed by atoms with Crippen LogP contribution in [0.5, 0.6) is 0 Å². The van der Waals surface area contributed by atoms with E-state index in [2.05, 4.69) is 4.74 Å². The van der Waals surface area contributed by atoms with Gasteiger partial charge in [-0.15, -0.1) is 0 Å². The van der Waals surface area contributed by atoms with Crippen molar-refractivity contribution in [2.24, 2.45) is 0 Å². The maximum Gasteiger partial charge on any atom is 0.331 e. The van der Waals surface area contributed by atoms with Crippen LogP contribution in [-0.4, -0.2) is 37.0 Å².